The van der Waals surface area contributed by atoms with Crippen molar-refractivity contribution in [3.8, 4) is 0 Å². The van der Waals surface area contributed by atoms with Gasteiger partial charge in [-0.2, -0.15) is 0 Å². The van der Waals surface area contributed by atoms with E-state index < -0.39 is 11.8 Å². The van der Waals surface area contributed by atoms with Crippen molar-refractivity contribution >= 4 is 17.7 Å². The summed E-state index contributed by atoms with van der Waals surface area (Å²) >= 11 is 0. The average Bonchev–Trinajstić information content (AvgIpc) is 3.34. The highest BCUT2D eigenvalue weighted by Gasteiger charge is 2.42. The lowest BCUT2D eigenvalue weighted by Crippen LogP contribution is -2.42. The van der Waals surface area contributed by atoms with Crippen molar-refractivity contribution in [2.24, 2.45) is 11.8 Å². The molecule has 1 heterocycles. The minimum Gasteiger partial charge on any atom is -0.347 e. The maximum absolute atomic E-state index is 12.7. The molecular formula is C22H22N2O3. The van der Waals surface area contributed by atoms with Crippen LogP contribution in [0.25, 0.3) is 0 Å². The largest absolute Gasteiger partial charge is 0.347 e. The quantitative estimate of drug-likeness (QED) is 0.831. The van der Waals surface area contributed by atoms with Gasteiger partial charge in [0.15, 0.2) is 0 Å². The zero-order chi connectivity index (χ0) is 19.1. The molecule has 1 fully saturated rings. The molecule has 1 aliphatic heterocycles. The van der Waals surface area contributed by atoms with Gasteiger partial charge in [-0.25, -0.2) is 0 Å². The normalized spacial score (nSPS) is 21.8. The number of imide groups is 1. The van der Waals surface area contributed by atoms with Crippen LogP contribution in [0, 0.1) is 18.8 Å². The van der Waals surface area contributed by atoms with Gasteiger partial charge >= 0.3 is 0 Å². The van der Waals surface area contributed by atoms with Crippen molar-refractivity contribution in [2.45, 2.75) is 26.3 Å². The summed E-state index contributed by atoms with van der Waals surface area (Å²) in [6, 6.07) is 14.9. The third-order valence-electron chi connectivity index (χ3n) is 5.50. The Morgan fingerprint density at radius 3 is 2.44 bits per heavy atom. The number of nitrogens with zero attached hydrogens (tertiary/aromatic N) is 1. The topological polar surface area (TPSA) is 66.5 Å². The maximum atomic E-state index is 12.7. The van der Waals surface area contributed by atoms with Gasteiger partial charge in [0.1, 0.15) is 6.54 Å². The fraction of sp³-hybridized carbons (Fsp3) is 0.318. The van der Waals surface area contributed by atoms with E-state index in [1.807, 2.05) is 37.3 Å². The Kier molecular flexibility index (Phi) is 4.30. The smallest absolute Gasteiger partial charge is 0.262 e. The molecule has 3 unspecified atom stereocenters. The molecular weight excluding hydrogens is 340 g/mol. The van der Waals surface area contributed by atoms with E-state index in [1.54, 1.807) is 18.2 Å². The molecule has 0 saturated heterocycles. The van der Waals surface area contributed by atoms with Crippen LogP contribution in [0.3, 0.4) is 0 Å². The molecule has 2 aliphatic rings. The number of amides is 3. The van der Waals surface area contributed by atoms with Gasteiger partial charge in [0.2, 0.25) is 5.91 Å². The zero-order valence-corrected chi connectivity index (χ0v) is 15.4. The minimum atomic E-state index is -0.402. The van der Waals surface area contributed by atoms with Gasteiger partial charge in [-0.1, -0.05) is 48.9 Å². The first kappa shape index (κ1) is 17.5. The standard InChI is InChI=1S/C22H22N2O3/c1-13-8-9-16-18(10-13)22(27)24(21(16)26)12-19(25)23-20(17-11-14(17)2)15-6-4-3-5-7-15/h3-10,14,17,20H,11-12H2,1-2H3,(H,23,25). The molecule has 0 bridgehead atoms. The Hall–Kier alpha value is -2.95. The lowest BCUT2D eigenvalue weighted by Gasteiger charge is -2.21. The molecule has 0 radical (unpaired) electrons. The SMILES string of the molecule is Cc1ccc2c(c1)C(=O)N(CC(=O)NC(c1ccccc1)C1CC1C)C2=O. The van der Waals surface area contributed by atoms with Crippen LogP contribution in [-0.2, 0) is 4.79 Å². The number of carbonyl (C=O) groups is 3. The van der Waals surface area contributed by atoms with Crippen LogP contribution in [0.15, 0.2) is 48.5 Å². The number of carbonyl (C=O) groups excluding carboxylic acids is 3. The van der Waals surface area contributed by atoms with E-state index in [1.165, 1.54) is 0 Å². The number of benzene rings is 2. The summed E-state index contributed by atoms with van der Waals surface area (Å²) in [5, 5.41) is 3.05. The number of hydrogen-bond donors (Lipinski definition) is 1. The van der Waals surface area contributed by atoms with Crippen molar-refractivity contribution in [3.63, 3.8) is 0 Å². The first-order chi connectivity index (χ1) is 13.0. The van der Waals surface area contributed by atoms with Crippen LogP contribution < -0.4 is 5.32 Å². The Balaban J connectivity index is 1.49. The highest BCUT2D eigenvalue weighted by molar-refractivity contribution is 6.22. The molecule has 2 aromatic rings. The summed E-state index contributed by atoms with van der Waals surface area (Å²) in [6.07, 6.45) is 1.06. The van der Waals surface area contributed by atoms with Gasteiger partial charge in [0, 0.05) is 0 Å². The molecule has 1 aliphatic carbocycles. The minimum absolute atomic E-state index is 0.0915. The van der Waals surface area contributed by atoms with E-state index in [0.717, 1.165) is 22.4 Å². The van der Waals surface area contributed by atoms with E-state index in [4.69, 9.17) is 0 Å². The molecule has 5 heteroatoms. The van der Waals surface area contributed by atoms with Crippen LogP contribution in [0.1, 0.15) is 51.2 Å². The van der Waals surface area contributed by atoms with Gasteiger partial charge in [-0.15, -0.1) is 0 Å². The molecule has 1 N–H and O–H groups in total. The lowest BCUT2D eigenvalue weighted by atomic mass is 10.0. The molecule has 1 saturated carbocycles. The second kappa shape index (κ2) is 6.65. The highest BCUT2D eigenvalue weighted by Crippen LogP contribution is 2.46. The Morgan fingerprint density at radius 1 is 1.11 bits per heavy atom. The molecule has 5 nitrogen and oxygen atoms in total. The van der Waals surface area contributed by atoms with Crippen molar-refractivity contribution in [1.82, 2.24) is 10.2 Å². The van der Waals surface area contributed by atoms with Gasteiger partial charge < -0.3 is 5.32 Å². The zero-order valence-electron chi connectivity index (χ0n) is 15.4. The van der Waals surface area contributed by atoms with Crippen LogP contribution in [0.5, 0.6) is 0 Å². The first-order valence-electron chi connectivity index (χ1n) is 9.27. The van der Waals surface area contributed by atoms with E-state index >= 15 is 0 Å². The summed E-state index contributed by atoms with van der Waals surface area (Å²) in [5.41, 5.74) is 2.71. The Bertz CT molecular complexity index is 922. The van der Waals surface area contributed by atoms with Gasteiger partial charge in [0.05, 0.1) is 17.2 Å². The molecule has 3 amide bonds. The predicted molar refractivity (Wildman–Crippen MR) is 101 cm³/mol. The van der Waals surface area contributed by atoms with Gasteiger partial charge in [-0.3, -0.25) is 19.3 Å². The molecule has 27 heavy (non-hydrogen) atoms. The number of hydrogen-bond acceptors (Lipinski definition) is 3. The molecule has 0 aromatic heterocycles. The fourth-order valence-electron chi connectivity index (χ4n) is 3.82. The summed E-state index contributed by atoms with van der Waals surface area (Å²) in [4.78, 5) is 38.8. The number of rotatable bonds is 5. The van der Waals surface area contributed by atoms with Crippen LogP contribution >= 0.6 is 0 Å². The average molecular weight is 362 g/mol. The monoisotopic (exact) mass is 362 g/mol. The number of aryl methyl sites for hydroxylation is 1. The summed E-state index contributed by atoms with van der Waals surface area (Å²) in [7, 11) is 0. The maximum Gasteiger partial charge on any atom is 0.262 e. The second-order valence-electron chi connectivity index (χ2n) is 7.58. The number of nitrogens with one attached hydrogen (secondary N) is 1. The molecule has 4 rings (SSSR count). The number of fused-ring (bicyclic) bond motifs is 1. The van der Waals surface area contributed by atoms with E-state index in [0.29, 0.717) is 23.0 Å². The Labute approximate surface area is 158 Å². The van der Waals surface area contributed by atoms with Gasteiger partial charge in [0.25, 0.3) is 11.8 Å². The van der Waals surface area contributed by atoms with Crippen LogP contribution in [-0.4, -0.2) is 29.2 Å². The van der Waals surface area contributed by atoms with Crippen molar-refractivity contribution in [1.29, 1.82) is 0 Å². The molecule has 0 spiro atoms. The van der Waals surface area contributed by atoms with Crippen molar-refractivity contribution in [3.05, 3.63) is 70.8 Å². The van der Waals surface area contributed by atoms with E-state index in [9.17, 15) is 14.4 Å². The van der Waals surface area contributed by atoms with E-state index in [2.05, 4.69) is 12.2 Å². The fourth-order valence-corrected chi connectivity index (χ4v) is 3.82. The Morgan fingerprint density at radius 2 is 1.78 bits per heavy atom. The lowest BCUT2D eigenvalue weighted by molar-refractivity contribution is -0.122. The van der Waals surface area contributed by atoms with Gasteiger partial charge in [-0.05, 0) is 42.9 Å². The summed E-state index contributed by atoms with van der Waals surface area (Å²) in [6.45, 7) is 3.78. The highest BCUT2D eigenvalue weighted by atomic mass is 16.2. The van der Waals surface area contributed by atoms with E-state index in [-0.39, 0.29) is 18.5 Å². The third kappa shape index (κ3) is 3.25. The van der Waals surface area contributed by atoms with Crippen LogP contribution in [0.4, 0.5) is 0 Å². The molecule has 2 aromatic carbocycles. The molecule has 3 atom stereocenters. The molecule has 138 valence electrons. The second-order valence-corrected chi connectivity index (χ2v) is 7.58. The predicted octanol–water partition coefficient (Wildman–Crippen LogP) is 3.10. The van der Waals surface area contributed by atoms with Crippen molar-refractivity contribution in [2.75, 3.05) is 6.54 Å². The van der Waals surface area contributed by atoms with Crippen molar-refractivity contribution < 1.29 is 14.4 Å². The third-order valence-corrected chi connectivity index (χ3v) is 5.50. The summed E-state index contributed by atoms with van der Waals surface area (Å²) < 4.78 is 0. The van der Waals surface area contributed by atoms with Crippen LogP contribution in [0.2, 0.25) is 0 Å². The summed E-state index contributed by atoms with van der Waals surface area (Å²) in [5.74, 6) is -0.167. The first-order valence-corrected chi connectivity index (χ1v) is 9.27.